The topological polar surface area (TPSA) is 29.9 Å². The summed E-state index contributed by atoms with van der Waals surface area (Å²) in [5.41, 5.74) is 1.04. The van der Waals surface area contributed by atoms with Crippen molar-refractivity contribution < 1.29 is 0 Å². The molecule has 0 aliphatic carbocycles. The summed E-state index contributed by atoms with van der Waals surface area (Å²) in [5, 5.41) is 3.32. The monoisotopic (exact) mass is 333 g/mol. The zero-order valence-corrected chi connectivity index (χ0v) is 12.5. The number of rotatable bonds is 4. The first kappa shape index (κ1) is 12.4. The minimum atomic E-state index is 0.825. The van der Waals surface area contributed by atoms with Crippen LogP contribution in [-0.2, 0) is 6.54 Å². The zero-order valence-electron chi connectivity index (χ0n) is 10.1. The second-order valence-corrected chi connectivity index (χ2v) is 6.62. The van der Waals surface area contributed by atoms with Gasteiger partial charge in [-0.15, -0.1) is 11.3 Å². The van der Waals surface area contributed by atoms with Gasteiger partial charge in [-0.1, -0.05) is 18.2 Å². The summed E-state index contributed by atoms with van der Waals surface area (Å²) in [6.07, 6.45) is 3.80. The highest BCUT2D eigenvalue weighted by Gasteiger charge is 2.05. The van der Waals surface area contributed by atoms with E-state index in [1.165, 1.54) is 4.88 Å². The first-order valence-electron chi connectivity index (χ1n) is 5.89. The van der Waals surface area contributed by atoms with E-state index in [1.807, 2.05) is 42.7 Å². The summed E-state index contributed by atoms with van der Waals surface area (Å²) in [6.45, 7) is 0.825. The van der Waals surface area contributed by atoms with E-state index in [2.05, 4.69) is 42.9 Å². The second-order valence-electron chi connectivity index (χ2n) is 4.08. The Kier molecular flexibility index (Phi) is 3.66. The number of nitrogens with one attached hydrogen (secondary N) is 1. The Bertz CT molecular complexity index is 660. The fraction of sp³-hybridized carbons (Fsp3) is 0.0714. The lowest BCUT2D eigenvalue weighted by Crippen LogP contribution is -2.03. The van der Waals surface area contributed by atoms with E-state index >= 15 is 0 Å². The van der Waals surface area contributed by atoms with Crippen LogP contribution in [0, 0.1) is 0 Å². The lowest BCUT2D eigenvalue weighted by Gasteiger charge is -2.08. The van der Waals surface area contributed by atoms with Crippen LogP contribution in [0.15, 0.2) is 58.6 Å². The van der Waals surface area contributed by atoms with Crippen LogP contribution >= 0.6 is 27.3 Å². The molecule has 2 heterocycles. The molecule has 5 heteroatoms. The number of aromatic nitrogens is 2. The Labute approximate surface area is 124 Å². The van der Waals surface area contributed by atoms with Gasteiger partial charge in [-0.25, -0.2) is 4.98 Å². The van der Waals surface area contributed by atoms with Gasteiger partial charge in [-0.2, -0.15) is 0 Å². The Morgan fingerprint density at radius 2 is 2.00 bits per heavy atom. The molecule has 0 bridgehead atoms. The van der Waals surface area contributed by atoms with Gasteiger partial charge in [0.2, 0.25) is 5.95 Å². The molecule has 3 nitrogen and oxygen atoms in total. The molecule has 0 saturated carbocycles. The molecule has 0 fully saturated rings. The number of nitrogens with zero attached hydrogens (tertiary/aromatic N) is 2. The number of thiophene rings is 1. The summed E-state index contributed by atoms with van der Waals surface area (Å²) in [5.74, 6) is 0.857. The number of hydrogen-bond acceptors (Lipinski definition) is 3. The molecular weight excluding hydrogens is 322 g/mol. The number of halogens is 1. The summed E-state index contributed by atoms with van der Waals surface area (Å²) >= 11 is 5.23. The van der Waals surface area contributed by atoms with Crippen molar-refractivity contribution in [3.05, 3.63) is 63.5 Å². The first-order chi connectivity index (χ1) is 9.31. The van der Waals surface area contributed by atoms with Gasteiger partial charge >= 0.3 is 0 Å². The maximum atomic E-state index is 4.36. The number of benzene rings is 1. The molecule has 1 N–H and O–H groups in total. The average molecular weight is 334 g/mol. The quantitative estimate of drug-likeness (QED) is 0.761. The number of anilines is 2. The van der Waals surface area contributed by atoms with E-state index in [1.54, 1.807) is 11.3 Å². The molecule has 0 spiro atoms. The molecule has 0 atom stereocenters. The predicted octanol–water partition coefficient (Wildman–Crippen LogP) is 4.50. The van der Waals surface area contributed by atoms with Crippen LogP contribution in [-0.4, -0.2) is 9.55 Å². The van der Waals surface area contributed by atoms with Crippen molar-refractivity contribution in [3.63, 3.8) is 0 Å². The van der Waals surface area contributed by atoms with E-state index in [-0.39, 0.29) is 0 Å². The van der Waals surface area contributed by atoms with Crippen LogP contribution in [0.4, 0.5) is 11.6 Å². The summed E-state index contributed by atoms with van der Waals surface area (Å²) in [7, 11) is 0. The molecule has 19 heavy (non-hydrogen) atoms. The van der Waals surface area contributed by atoms with Crippen LogP contribution in [0.5, 0.6) is 0 Å². The van der Waals surface area contributed by atoms with Crippen molar-refractivity contribution >= 4 is 38.9 Å². The second kappa shape index (κ2) is 5.59. The van der Waals surface area contributed by atoms with Gasteiger partial charge < -0.3 is 9.88 Å². The van der Waals surface area contributed by atoms with Crippen molar-refractivity contribution in [1.82, 2.24) is 9.55 Å². The third-order valence-electron chi connectivity index (χ3n) is 2.70. The molecule has 0 saturated heterocycles. The van der Waals surface area contributed by atoms with Gasteiger partial charge in [-0.3, -0.25) is 0 Å². The minimum absolute atomic E-state index is 0.825. The average Bonchev–Trinajstić information content (AvgIpc) is 3.01. The fourth-order valence-electron chi connectivity index (χ4n) is 1.82. The number of hydrogen-bond donors (Lipinski definition) is 1. The van der Waals surface area contributed by atoms with Crippen LogP contribution in [0.1, 0.15) is 4.88 Å². The molecule has 3 rings (SSSR count). The standard InChI is InChI=1S/C14H12BrN3S/c15-13-7-6-12(19-13)10-18-9-8-16-14(18)17-11-4-2-1-3-5-11/h1-9H,10H2,(H,16,17). The Hall–Kier alpha value is -1.59. The summed E-state index contributed by atoms with van der Waals surface area (Å²) < 4.78 is 3.26. The highest BCUT2D eigenvalue weighted by Crippen LogP contribution is 2.24. The molecule has 96 valence electrons. The molecule has 3 aromatic rings. The van der Waals surface area contributed by atoms with Gasteiger partial charge in [0.1, 0.15) is 0 Å². The molecule has 0 amide bonds. The van der Waals surface area contributed by atoms with Gasteiger partial charge in [0.15, 0.2) is 0 Å². The van der Waals surface area contributed by atoms with Crippen LogP contribution < -0.4 is 5.32 Å². The SMILES string of the molecule is Brc1ccc(Cn2ccnc2Nc2ccccc2)s1. The first-order valence-corrected chi connectivity index (χ1v) is 7.49. The molecule has 0 radical (unpaired) electrons. The number of imidazole rings is 1. The maximum Gasteiger partial charge on any atom is 0.207 e. The third-order valence-corrected chi connectivity index (χ3v) is 4.31. The van der Waals surface area contributed by atoms with E-state index in [0.29, 0.717) is 0 Å². The summed E-state index contributed by atoms with van der Waals surface area (Å²) in [6, 6.07) is 14.3. The largest absolute Gasteiger partial charge is 0.326 e. The minimum Gasteiger partial charge on any atom is -0.326 e. The van der Waals surface area contributed by atoms with Crippen LogP contribution in [0.2, 0.25) is 0 Å². The molecular formula is C14H12BrN3S. The lowest BCUT2D eigenvalue weighted by molar-refractivity contribution is 0.821. The van der Waals surface area contributed by atoms with Crippen molar-refractivity contribution in [2.45, 2.75) is 6.54 Å². The van der Waals surface area contributed by atoms with Crippen molar-refractivity contribution in [3.8, 4) is 0 Å². The molecule has 2 aromatic heterocycles. The van der Waals surface area contributed by atoms with Crippen molar-refractivity contribution in [1.29, 1.82) is 0 Å². The van der Waals surface area contributed by atoms with Crippen LogP contribution in [0.3, 0.4) is 0 Å². The van der Waals surface area contributed by atoms with Gasteiger partial charge in [-0.05, 0) is 40.2 Å². The van der Waals surface area contributed by atoms with E-state index < -0.39 is 0 Å². The Morgan fingerprint density at radius 3 is 2.74 bits per heavy atom. The predicted molar refractivity (Wildman–Crippen MR) is 83.1 cm³/mol. The van der Waals surface area contributed by atoms with Gasteiger partial charge in [0, 0.05) is 23.0 Å². The van der Waals surface area contributed by atoms with Gasteiger partial charge in [0.25, 0.3) is 0 Å². The number of para-hydroxylation sites is 1. The van der Waals surface area contributed by atoms with E-state index in [9.17, 15) is 0 Å². The fourth-order valence-corrected chi connectivity index (χ4v) is 3.30. The van der Waals surface area contributed by atoms with Crippen LogP contribution in [0.25, 0.3) is 0 Å². The van der Waals surface area contributed by atoms with E-state index in [0.717, 1.165) is 22.0 Å². The van der Waals surface area contributed by atoms with Crippen molar-refractivity contribution in [2.24, 2.45) is 0 Å². The normalized spacial score (nSPS) is 10.6. The van der Waals surface area contributed by atoms with Crippen molar-refractivity contribution in [2.75, 3.05) is 5.32 Å². The highest BCUT2D eigenvalue weighted by molar-refractivity contribution is 9.11. The Balaban J connectivity index is 1.79. The molecule has 0 aliphatic rings. The highest BCUT2D eigenvalue weighted by atomic mass is 79.9. The third kappa shape index (κ3) is 3.05. The smallest absolute Gasteiger partial charge is 0.207 e. The van der Waals surface area contributed by atoms with Gasteiger partial charge in [0.05, 0.1) is 10.3 Å². The Morgan fingerprint density at radius 1 is 1.16 bits per heavy atom. The maximum absolute atomic E-state index is 4.36. The lowest BCUT2D eigenvalue weighted by atomic mass is 10.3. The summed E-state index contributed by atoms with van der Waals surface area (Å²) in [4.78, 5) is 5.65. The molecule has 0 unspecified atom stereocenters. The van der Waals surface area contributed by atoms with E-state index in [4.69, 9.17) is 0 Å². The molecule has 0 aliphatic heterocycles. The molecule has 1 aromatic carbocycles. The zero-order chi connectivity index (χ0) is 13.1.